The summed E-state index contributed by atoms with van der Waals surface area (Å²) in [7, 11) is 2.45. The standard InChI is InChI=1S/2C10H9Br2NO4/c1-17-8(14)4-13-10(16)5-2-6(11)9(15)7(12)3-5;1-17-9(15)4-8(14)13-5-2-6(11)10(16)7(12)3-5/h2-3,15H,4H2,1H3,(H,13,16);2-3,16H,4H2,1H3,(H,13,14). The molecular formula is C20H18Br4N2O8. The largest absolute Gasteiger partial charge is 0.506 e. The number of rotatable bonds is 6. The summed E-state index contributed by atoms with van der Waals surface area (Å²) in [6.07, 6.45) is -0.355. The van der Waals surface area contributed by atoms with Crippen LogP contribution in [0.4, 0.5) is 5.69 Å². The highest BCUT2D eigenvalue weighted by atomic mass is 79.9. The summed E-state index contributed by atoms with van der Waals surface area (Å²) >= 11 is 12.5. The molecule has 0 spiro atoms. The Morgan fingerprint density at radius 3 is 1.68 bits per heavy atom. The van der Waals surface area contributed by atoms with Crippen LogP contribution in [-0.2, 0) is 23.9 Å². The quantitative estimate of drug-likeness (QED) is 0.196. The number of hydrogen-bond acceptors (Lipinski definition) is 8. The van der Waals surface area contributed by atoms with Crippen molar-refractivity contribution in [2.75, 3.05) is 26.1 Å². The molecule has 0 aliphatic carbocycles. The average Bonchev–Trinajstić information content (AvgIpc) is 2.78. The zero-order chi connectivity index (χ0) is 26.0. The van der Waals surface area contributed by atoms with Gasteiger partial charge in [0.2, 0.25) is 5.91 Å². The van der Waals surface area contributed by atoms with Gasteiger partial charge in [0, 0.05) is 11.3 Å². The number of methoxy groups -OCH3 is 2. The number of carbonyl (C=O) groups excluding carboxylic acids is 4. The highest BCUT2D eigenvalue weighted by Crippen LogP contribution is 2.35. The Labute approximate surface area is 227 Å². The summed E-state index contributed by atoms with van der Waals surface area (Å²) < 4.78 is 10.4. The van der Waals surface area contributed by atoms with E-state index >= 15 is 0 Å². The van der Waals surface area contributed by atoms with Gasteiger partial charge < -0.3 is 30.3 Å². The van der Waals surface area contributed by atoms with Crippen LogP contribution < -0.4 is 10.6 Å². The molecule has 0 bridgehead atoms. The minimum atomic E-state index is -0.612. The van der Waals surface area contributed by atoms with Crippen molar-refractivity contribution >= 4 is 93.2 Å². The zero-order valence-electron chi connectivity index (χ0n) is 17.6. The molecule has 0 aromatic heterocycles. The molecule has 0 heterocycles. The lowest BCUT2D eigenvalue weighted by molar-refractivity contribution is -0.143. The number of anilines is 1. The predicted octanol–water partition coefficient (Wildman–Crippen LogP) is 4.24. The molecule has 0 atom stereocenters. The third kappa shape index (κ3) is 9.60. The van der Waals surface area contributed by atoms with Gasteiger partial charge in [-0.15, -0.1) is 0 Å². The van der Waals surface area contributed by atoms with Crippen molar-refractivity contribution in [3.05, 3.63) is 47.7 Å². The summed E-state index contributed by atoms with van der Waals surface area (Å²) in [4.78, 5) is 44.7. The summed E-state index contributed by atoms with van der Waals surface area (Å²) in [6.45, 7) is -0.203. The molecule has 10 nitrogen and oxygen atoms in total. The SMILES string of the molecule is COC(=O)CC(=O)Nc1cc(Br)c(O)c(Br)c1.COC(=O)CNC(=O)c1cc(Br)c(O)c(Br)c1. The van der Waals surface area contributed by atoms with Crippen LogP contribution in [0.15, 0.2) is 42.2 Å². The number of esters is 2. The van der Waals surface area contributed by atoms with Crippen LogP contribution in [0.2, 0.25) is 0 Å². The third-order valence-electron chi connectivity index (χ3n) is 3.73. The first-order valence-electron chi connectivity index (χ1n) is 8.97. The highest BCUT2D eigenvalue weighted by molar-refractivity contribution is 9.11. The predicted molar refractivity (Wildman–Crippen MR) is 137 cm³/mol. The second-order valence-electron chi connectivity index (χ2n) is 6.14. The lowest BCUT2D eigenvalue weighted by Crippen LogP contribution is -2.30. The van der Waals surface area contributed by atoms with Crippen molar-refractivity contribution in [1.29, 1.82) is 0 Å². The zero-order valence-corrected chi connectivity index (χ0v) is 23.9. The van der Waals surface area contributed by atoms with Gasteiger partial charge in [-0.1, -0.05) is 0 Å². The van der Waals surface area contributed by atoms with Gasteiger partial charge >= 0.3 is 11.9 Å². The van der Waals surface area contributed by atoms with Gasteiger partial charge in [-0.25, -0.2) is 0 Å². The molecule has 34 heavy (non-hydrogen) atoms. The van der Waals surface area contributed by atoms with Crippen LogP contribution in [0, 0.1) is 0 Å². The summed E-state index contributed by atoms with van der Waals surface area (Å²) in [6, 6.07) is 5.95. The maximum absolute atomic E-state index is 11.6. The van der Waals surface area contributed by atoms with Crippen LogP contribution in [0.3, 0.4) is 0 Å². The van der Waals surface area contributed by atoms with Crippen molar-refractivity contribution in [1.82, 2.24) is 5.32 Å². The summed E-state index contributed by atoms with van der Waals surface area (Å²) in [5.74, 6) is -2.02. The van der Waals surface area contributed by atoms with Gasteiger partial charge in [-0.05, 0) is 88.0 Å². The van der Waals surface area contributed by atoms with E-state index in [-0.39, 0.29) is 24.5 Å². The van der Waals surface area contributed by atoms with Crippen molar-refractivity contribution in [3.8, 4) is 11.5 Å². The third-order valence-corrected chi connectivity index (χ3v) is 6.15. The summed E-state index contributed by atoms with van der Waals surface area (Å²) in [5, 5.41) is 23.8. The number of aromatic hydroxyl groups is 2. The molecule has 0 radical (unpaired) electrons. The molecule has 0 aliphatic heterocycles. The fourth-order valence-electron chi connectivity index (χ4n) is 2.07. The minimum Gasteiger partial charge on any atom is -0.506 e. The number of amides is 2. The van der Waals surface area contributed by atoms with Crippen molar-refractivity contribution in [2.24, 2.45) is 0 Å². The normalized spacial score (nSPS) is 9.82. The number of halogens is 4. The van der Waals surface area contributed by atoms with E-state index in [0.29, 0.717) is 29.1 Å². The van der Waals surface area contributed by atoms with Crippen LogP contribution in [0.25, 0.3) is 0 Å². The first-order chi connectivity index (χ1) is 15.9. The van der Waals surface area contributed by atoms with E-state index in [0.717, 1.165) is 0 Å². The number of benzene rings is 2. The summed E-state index contributed by atoms with van der Waals surface area (Å²) in [5.41, 5.74) is 0.765. The Morgan fingerprint density at radius 2 is 1.24 bits per heavy atom. The van der Waals surface area contributed by atoms with E-state index in [4.69, 9.17) is 0 Å². The number of ether oxygens (including phenoxy) is 2. The van der Waals surface area contributed by atoms with E-state index in [1.54, 1.807) is 0 Å². The fraction of sp³-hybridized carbons (Fsp3) is 0.200. The van der Waals surface area contributed by atoms with Crippen LogP contribution in [0.1, 0.15) is 16.8 Å². The van der Waals surface area contributed by atoms with E-state index in [1.165, 1.54) is 38.5 Å². The van der Waals surface area contributed by atoms with Crippen LogP contribution in [-0.4, -0.2) is 54.7 Å². The van der Waals surface area contributed by atoms with Gasteiger partial charge in [-0.2, -0.15) is 0 Å². The number of carbonyl (C=O) groups is 4. The second kappa shape index (κ2) is 14.3. The number of phenols is 2. The van der Waals surface area contributed by atoms with Gasteiger partial charge in [0.05, 0.1) is 32.1 Å². The Bertz CT molecular complexity index is 1050. The first-order valence-corrected chi connectivity index (χ1v) is 12.1. The van der Waals surface area contributed by atoms with Gasteiger partial charge in [-0.3, -0.25) is 19.2 Å². The van der Waals surface area contributed by atoms with Crippen LogP contribution in [0.5, 0.6) is 11.5 Å². The molecule has 0 aliphatic rings. The Balaban J connectivity index is 0.000000340. The average molecular weight is 734 g/mol. The Kier molecular flexibility index (Phi) is 12.6. The van der Waals surface area contributed by atoms with E-state index in [2.05, 4.69) is 83.8 Å². The molecule has 0 fully saturated rings. The molecule has 0 saturated heterocycles. The highest BCUT2D eigenvalue weighted by Gasteiger charge is 2.13. The first kappa shape index (κ1) is 29.9. The van der Waals surface area contributed by atoms with E-state index < -0.39 is 23.8 Å². The maximum atomic E-state index is 11.6. The smallest absolute Gasteiger partial charge is 0.325 e. The maximum Gasteiger partial charge on any atom is 0.325 e. The molecule has 2 aromatic carbocycles. The number of nitrogens with one attached hydrogen (secondary N) is 2. The lowest BCUT2D eigenvalue weighted by Gasteiger charge is -2.07. The minimum absolute atomic E-state index is 0.00881. The molecule has 184 valence electrons. The number of phenolic OH excluding ortho intramolecular Hbond substituents is 2. The van der Waals surface area contributed by atoms with Crippen molar-refractivity contribution < 1.29 is 38.9 Å². The van der Waals surface area contributed by atoms with Crippen molar-refractivity contribution in [2.45, 2.75) is 6.42 Å². The van der Waals surface area contributed by atoms with E-state index in [9.17, 15) is 29.4 Å². The Morgan fingerprint density at radius 1 is 0.794 bits per heavy atom. The molecule has 2 rings (SSSR count). The monoisotopic (exact) mass is 730 g/mol. The molecule has 2 aromatic rings. The molecule has 14 heteroatoms. The van der Waals surface area contributed by atoms with Crippen molar-refractivity contribution in [3.63, 3.8) is 0 Å². The molecular weight excluding hydrogens is 716 g/mol. The number of hydrogen-bond donors (Lipinski definition) is 4. The Hall–Kier alpha value is -2.16. The lowest BCUT2D eigenvalue weighted by atomic mass is 10.2. The second-order valence-corrected chi connectivity index (χ2v) is 9.55. The van der Waals surface area contributed by atoms with Gasteiger partial charge in [0.25, 0.3) is 5.91 Å². The van der Waals surface area contributed by atoms with Gasteiger partial charge in [0.1, 0.15) is 24.5 Å². The topological polar surface area (TPSA) is 151 Å². The molecule has 4 N–H and O–H groups in total. The molecule has 2 amide bonds. The van der Waals surface area contributed by atoms with Crippen LogP contribution >= 0.6 is 63.7 Å². The van der Waals surface area contributed by atoms with Gasteiger partial charge in [0.15, 0.2) is 0 Å². The molecule has 0 unspecified atom stereocenters. The fourth-order valence-corrected chi connectivity index (χ4v) is 4.44. The molecule has 0 saturated carbocycles. The van der Waals surface area contributed by atoms with E-state index in [1.807, 2.05) is 0 Å².